The minimum Gasteiger partial charge on any atom is -0.497 e. The number of rotatable bonds is 10. The molecule has 0 aliphatic heterocycles. The highest BCUT2D eigenvalue weighted by Gasteiger charge is 2.25. The second-order valence-electron chi connectivity index (χ2n) is 6.23. The number of hydrogen-bond acceptors (Lipinski definition) is 6. The van der Waals surface area contributed by atoms with Gasteiger partial charge in [-0.25, -0.2) is 0 Å². The SMILES string of the molecule is COC(=O)[C@H](CCC(N)=O)NC(c1ccc(OC)cc1)c1ccc(OC)cc1. The molecule has 0 aliphatic rings. The molecule has 28 heavy (non-hydrogen) atoms. The first kappa shape index (κ1) is 21.2. The fourth-order valence-electron chi connectivity index (χ4n) is 2.88. The van der Waals surface area contributed by atoms with Crippen molar-refractivity contribution in [2.75, 3.05) is 21.3 Å². The van der Waals surface area contributed by atoms with Gasteiger partial charge < -0.3 is 19.9 Å². The second-order valence-corrected chi connectivity index (χ2v) is 6.23. The Hall–Kier alpha value is -3.06. The molecule has 2 rings (SSSR count). The molecule has 0 spiro atoms. The number of nitrogens with one attached hydrogen (secondary N) is 1. The number of hydrogen-bond donors (Lipinski definition) is 2. The Kier molecular flexibility index (Phi) is 7.83. The topological polar surface area (TPSA) is 99.9 Å². The lowest BCUT2D eigenvalue weighted by atomic mass is 9.96. The molecule has 0 saturated heterocycles. The number of esters is 1. The molecule has 0 aromatic heterocycles. The van der Waals surface area contributed by atoms with Gasteiger partial charge in [0.2, 0.25) is 5.91 Å². The summed E-state index contributed by atoms with van der Waals surface area (Å²) in [5, 5.41) is 3.30. The fraction of sp³-hybridized carbons (Fsp3) is 0.333. The number of methoxy groups -OCH3 is 3. The largest absolute Gasteiger partial charge is 0.497 e. The maximum Gasteiger partial charge on any atom is 0.322 e. The van der Waals surface area contributed by atoms with E-state index in [-0.39, 0.29) is 18.9 Å². The van der Waals surface area contributed by atoms with Crippen LogP contribution in [0.3, 0.4) is 0 Å². The van der Waals surface area contributed by atoms with Gasteiger partial charge in [-0.2, -0.15) is 0 Å². The smallest absolute Gasteiger partial charge is 0.322 e. The van der Waals surface area contributed by atoms with Gasteiger partial charge in [0.25, 0.3) is 0 Å². The number of amides is 1. The number of nitrogens with two attached hydrogens (primary N) is 1. The summed E-state index contributed by atoms with van der Waals surface area (Å²) in [7, 11) is 4.52. The van der Waals surface area contributed by atoms with Crippen molar-refractivity contribution in [2.24, 2.45) is 5.73 Å². The van der Waals surface area contributed by atoms with Crippen LogP contribution in [-0.4, -0.2) is 39.2 Å². The van der Waals surface area contributed by atoms with Gasteiger partial charge in [-0.1, -0.05) is 24.3 Å². The summed E-state index contributed by atoms with van der Waals surface area (Å²) in [6.07, 6.45) is 0.315. The minimum atomic E-state index is -0.688. The van der Waals surface area contributed by atoms with Crippen LogP contribution in [0, 0.1) is 0 Å². The van der Waals surface area contributed by atoms with Crippen molar-refractivity contribution in [3.05, 3.63) is 59.7 Å². The molecule has 0 saturated carbocycles. The summed E-state index contributed by atoms with van der Waals surface area (Å²) in [5.41, 5.74) is 7.11. The van der Waals surface area contributed by atoms with Crippen molar-refractivity contribution in [1.82, 2.24) is 5.32 Å². The monoisotopic (exact) mass is 386 g/mol. The van der Waals surface area contributed by atoms with Crippen LogP contribution in [0.2, 0.25) is 0 Å². The Balaban J connectivity index is 2.36. The van der Waals surface area contributed by atoms with Crippen LogP contribution in [-0.2, 0) is 14.3 Å². The molecule has 0 heterocycles. The Morgan fingerprint density at radius 1 is 0.893 bits per heavy atom. The van der Waals surface area contributed by atoms with Crippen molar-refractivity contribution < 1.29 is 23.8 Å². The van der Waals surface area contributed by atoms with Crippen LogP contribution < -0.4 is 20.5 Å². The Bertz CT molecular complexity index is 727. The lowest BCUT2D eigenvalue weighted by Crippen LogP contribution is -2.41. The standard InChI is InChI=1S/C21H26N2O5/c1-26-16-8-4-14(5-9-16)20(15-6-10-17(27-2)11-7-15)23-18(21(25)28-3)12-13-19(22)24/h4-11,18,20,23H,12-13H2,1-3H3,(H2,22,24)/t18-/m0/s1. The molecule has 7 nitrogen and oxygen atoms in total. The molecule has 0 unspecified atom stereocenters. The van der Waals surface area contributed by atoms with Crippen molar-refractivity contribution in [2.45, 2.75) is 24.9 Å². The number of carbonyl (C=O) groups excluding carboxylic acids is 2. The average molecular weight is 386 g/mol. The van der Waals surface area contributed by atoms with Gasteiger partial charge in [0, 0.05) is 6.42 Å². The molecule has 7 heteroatoms. The lowest BCUT2D eigenvalue weighted by Gasteiger charge is -2.25. The molecular formula is C21H26N2O5. The van der Waals surface area contributed by atoms with Crippen LogP contribution in [0.15, 0.2) is 48.5 Å². The summed E-state index contributed by atoms with van der Waals surface area (Å²) in [4.78, 5) is 23.4. The maximum atomic E-state index is 12.2. The van der Waals surface area contributed by atoms with Gasteiger partial charge >= 0.3 is 5.97 Å². The highest BCUT2D eigenvalue weighted by molar-refractivity contribution is 5.78. The maximum absolute atomic E-state index is 12.2. The van der Waals surface area contributed by atoms with Crippen LogP contribution in [0.4, 0.5) is 0 Å². The number of carbonyl (C=O) groups is 2. The van der Waals surface area contributed by atoms with Crippen LogP contribution in [0.1, 0.15) is 30.0 Å². The van der Waals surface area contributed by atoms with Crippen LogP contribution in [0.25, 0.3) is 0 Å². The van der Waals surface area contributed by atoms with E-state index in [0.29, 0.717) is 0 Å². The third-order valence-electron chi connectivity index (χ3n) is 4.43. The minimum absolute atomic E-state index is 0.0741. The van der Waals surface area contributed by atoms with E-state index in [0.717, 1.165) is 22.6 Å². The average Bonchev–Trinajstić information content (AvgIpc) is 2.73. The highest BCUT2D eigenvalue weighted by atomic mass is 16.5. The van der Waals surface area contributed by atoms with Gasteiger partial charge in [0.15, 0.2) is 0 Å². The van der Waals surface area contributed by atoms with E-state index in [2.05, 4.69) is 5.32 Å². The molecule has 2 aromatic rings. The molecule has 3 N–H and O–H groups in total. The normalized spacial score (nSPS) is 11.7. The molecule has 0 aliphatic carbocycles. The predicted octanol–water partition coefficient (Wildman–Crippen LogP) is 2.19. The molecule has 1 atom stereocenters. The van der Waals surface area contributed by atoms with E-state index in [9.17, 15) is 9.59 Å². The molecule has 0 fully saturated rings. The summed E-state index contributed by atoms with van der Waals surface area (Å²) >= 11 is 0. The molecule has 2 aromatic carbocycles. The number of primary amides is 1. The zero-order valence-corrected chi connectivity index (χ0v) is 16.3. The van der Waals surface area contributed by atoms with E-state index >= 15 is 0 Å². The summed E-state index contributed by atoms with van der Waals surface area (Å²) in [6.45, 7) is 0. The molecule has 150 valence electrons. The Morgan fingerprint density at radius 2 is 1.36 bits per heavy atom. The number of ether oxygens (including phenoxy) is 3. The van der Waals surface area contributed by atoms with E-state index in [1.807, 2.05) is 48.5 Å². The van der Waals surface area contributed by atoms with Crippen molar-refractivity contribution >= 4 is 11.9 Å². The first-order chi connectivity index (χ1) is 13.5. The van der Waals surface area contributed by atoms with Crippen molar-refractivity contribution in [1.29, 1.82) is 0 Å². The van der Waals surface area contributed by atoms with Crippen LogP contribution in [0.5, 0.6) is 11.5 Å². The van der Waals surface area contributed by atoms with Crippen molar-refractivity contribution in [3.8, 4) is 11.5 Å². The van der Waals surface area contributed by atoms with Gasteiger partial charge in [-0.3, -0.25) is 14.9 Å². The molecule has 1 amide bonds. The van der Waals surface area contributed by atoms with E-state index in [4.69, 9.17) is 19.9 Å². The predicted molar refractivity (Wildman–Crippen MR) is 105 cm³/mol. The third kappa shape index (κ3) is 5.72. The number of benzene rings is 2. The summed E-state index contributed by atoms with van der Waals surface area (Å²) in [5.74, 6) is 0.542. The first-order valence-corrected chi connectivity index (χ1v) is 8.88. The van der Waals surface area contributed by atoms with E-state index < -0.39 is 17.9 Å². The Labute approximate surface area is 164 Å². The van der Waals surface area contributed by atoms with Crippen LogP contribution >= 0.6 is 0 Å². The fourth-order valence-corrected chi connectivity index (χ4v) is 2.88. The van der Waals surface area contributed by atoms with Crippen molar-refractivity contribution in [3.63, 3.8) is 0 Å². The second kappa shape index (κ2) is 10.3. The van der Waals surface area contributed by atoms with E-state index in [1.54, 1.807) is 14.2 Å². The highest BCUT2D eigenvalue weighted by Crippen LogP contribution is 2.27. The molecular weight excluding hydrogens is 360 g/mol. The van der Waals surface area contributed by atoms with Gasteiger partial charge in [0.05, 0.1) is 27.4 Å². The lowest BCUT2D eigenvalue weighted by molar-refractivity contribution is -0.143. The molecule has 0 bridgehead atoms. The zero-order chi connectivity index (χ0) is 20.5. The Morgan fingerprint density at radius 3 is 1.71 bits per heavy atom. The summed E-state index contributed by atoms with van der Waals surface area (Å²) in [6, 6.07) is 14.1. The van der Waals surface area contributed by atoms with E-state index in [1.165, 1.54) is 7.11 Å². The third-order valence-corrected chi connectivity index (χ3v) is 4.43. The first-order valence-electron chi connectivity index (χ1n) is 8.88. The quantitative estimate of drug-likeness (QED) is 0.607. The van der Waals surface area contributed by atoms with Gasteiger partial charge in [-0.05, 0) is 41.8 Å². The van der Waals surface area contributed by atoms with Gasteiger partial charge in [-0.15, -0.1) is 0 Å². The van der Waals surface area contributed by atoms with Gasteiger partial charge in [0.1, 0.15) is 17.5 Å². The zero-order valence-electron chi connectivity index (χ0n) is 16.3. The molecule has 0 radical (unpaired) electrons. The summed E-state index contributed by atoms with van der Waals surface area (Å²) < 4.78 is 15.3.